The van der Waals surface area contributed by atoms with Crippen molar-refractivity contribution in [3.8, 4) is 0 Å². The Morgan fingerprint density at radius 2 is 2.31 bits per heavy atom. The second-order valence-electron chi connectivity index (χ2n) is 3.53. The first-order valence-electron chi connectivity index (χ1n) is 4.68. The summed E-state index contributed by atoms with van der Waals surface area (Å²) < 4.78 is 1.99. The zero-order valence-corrected chi connectivity index (χ0v) is 8.23. The van der Waals surface area contributed by atoms with E-state index in [-0.39, 0.29) is 5.92 Å². The van der Waals surface area contributed by atoms with Gasteiger partial charge in [0.05, 0.1) is 6.33 Å². The Morgan fingerprint density at radius 1 is 1.54 bits per heavy atom. The van der Waals surface area contributed by atoms with Gasteiger partial charge in [0.2, 0.25) is 0 Å². The van der Waals surface area contributed by atoms with E-state index in [0.717, 1.165) is 13.0 Å². The molecule has 1 aromatic rings. The molecule has 1 aromatic heterocycles. The van der Waals surface area contributed by atoms with Crippen LogP contribution in [0, 0.1) is 5.92 Å². The highest BCUT2D eigenvalue weighted by Crippen LogP contribution is 2.03. The Bertz CT molecular complexity index is 252. The van der Waals surface area contributed by atoms with Crippen molar-refractivity contribution in [1.82, 2.24) is 9.55 Å². The van der Waals surface area contributed by atoms with Crippen LogP contribution in [0.1, 0.15) is 26.7 Å². The number of aromatic nitrogens is 2. The number of hydrogen-bond donors (Lipinski definition) is 0. The third kappa shape index (κ3) is 3.40. The van der Waals surface area contributed by atoms with Crippen molar-refractivity contribution in [3.63, 3.8) is 0 Å². The van der Waals surface area contributed by atoms with E-state index in [0.29, 0.717) is 12.2 Å². The van der Waals surface area contributed by atoms with Crippen LogP contribution < -0.4 is 0 Å². The summed E-state index contributed by atoms with van der Waals surface area (Å²) in [5.41, 5.74) is 0. The van der Waals surface area contributed by atoms with Crippen LogP contribution in [-0.4, -0.2) is 15.3 Å². The highest BCUT2D eigenvalue weighted by atomic mass is 16.1. The largest absolute Gasteiger partial charge is 0.337 e. The van der Waals surface area contributed by atoms with Gasteiger partial charge in [-0.2, -0.15) is 0 Å². The molecule has 1 heterocycles. The Hall–Kier alpha value is -1.12. The summed E-state index contributed by atoms with van der Waals surface area (Å²) in [6.45, 7) is 4.78. The Morgan fingerprint density at radius 3 is 2.85 bits per heavy atom. The van der Waals surface area contributed by atoms with E-state index in [4.69, 9.17) is 0 Å². The van der Waals surface area contributed by atoms with E-state index in [1.807, 2.05) is 24.6 Å². The second kappa shape index (κ2) is 4.80. The van der Waals surface area contributed by atoms with Gasteiger partial charge in [0.25, 0.3) is 0 Å². The lowest BCUT2D eigenvalue weighted by molar-refractivity contribution is -0.122. The smallest absolute Gasteiger partial charge is 0.135 e. The topological polar surface area (TPSA) is 34.9 Å². The molecular weight excluding hydrogens is 164 g/mol. The monoisotopic (exact) mass is 180 g/mol. The first-order chi connectivity index (χ1) is 6.20. The summed E-state index contributed by atoms with van der Waals surface area (Å²) >= 11 is 0. The predicted octanol–water partition coefficient (Wildman–Crippen LogP) is 1.89. The van der Waals surface area contributed by atoms with Crippen molar-refractivity contribution in [2.45, 2.75) is 33.2 Å². The van der Waals surface area contributed by atoms with Crippen molar-refractivity contribution in [2.24, 2.45) is 5.92 Å². The summed E-state index contributed by atoms with van der Waals surface area (Å²) in [6, 6.07) is 0. The molecule has 0 saturated carbocycles. The Kier molecular flexibility index (Phi) is 3.68. The predicted molar refractivity (Wildman–Crippen MR) is 51.3 cm³/mol. The number of ketones is 1. The van der Waals surface area contributed by atoms with Gasteiger partial charge >= 0.3 is 0 Å². The molecule has 0 aliphatic carbocycles. The number of rotatable bonds is 5. The molecule has 0 saturated heterocycles. The normalized spacial score (nSPS) is 10.7. The van der Waals surface area contributed by atoms with Gasteiger partial charge in [-0.1, -0.05) is 13.8 Å². The minimum atomic E-state index is 0.169. The molecule has 13 heavy (non-hydrogen) atoms. The SMILES string of the molecule is CC(C)C(=O)CCCn1ccnc1. The number of Topliss-reactive ketones (excluding diaryl/α,β-unsaturated/α-hetero) is 1. The number of aryl methyl sites for hydroxylation is 1. The van der Waals surface area contributed by atoms with Crippen LogP contribution in [0.5, 0.6) is 0 Å². The average molecular weight is 180 g/mol. The molecule has 0 radical (unpaired) electrons. The van der Waals surface area contributed by atoms with Crippen LogP contribution in [0.15, 0.2) is 18.7 Å². The molecule has 72 valence electrons. The van der Waals surface area contributed by atoms with Gasteiger partial charge in [-0.15, -0.1) is 0 Å². The van der Waals surface area contributed by atoms with Crippen molar-refractivity contribution in [1.29, 1.82) is 0 Å². The average Bonchev–Trinajstić information content (AvgIpc) is 2.56. The lowest BCUT2D eigenvalue weighted by Gasteiger charge is -2.04. The number of imidazole rings is 1. The van der Waals surface area contributed by atoms with Crippen LogP contribution in [-0.2, 0) is 11.3 Å². The molecule has 0 amide bonds. The maximum atomic E-state index is 11.2. The third-order valence-corrected chi connectivity index (χ3v) is 2.04. The quantitative estimate of drug-likeness (QED) is 0.693. The van der Waals surface area contributed by atoms with Crippen LogP contribution >= 0.6 is 0 Å². The van der Waals surface area contributed by atoms with E-state index in [2.05, 4.69) is 4.98 Å². The van der Waals surface area contributed by atoms with E-state index in [1.54, 1.807) is 12.5 Å². The summed E-state index contributed by atoms with van der Waals surface area (Å²) in [6.07, 6.45) is 7.03. The second-order valence-corrected chi connectivity index (χ2v) is 3.53. The summed E-state index contributed by atoms with van der Waals surface area (Å²) in [4.78, 5) is 15.2. The number of carbonyl (C=O) groups is 1. The van der Waals surface area contributed by atoms with Gasteiger partial charge in [-0.25, -0.2) is 4.98 Å². The van der Waals surface area contributed by atoms with E-state index < -0.39 is 0 Å². The van der Waals surface area contributed by atoms with E-state index in [1.165, 1.54) is 0 Å². The van der Waals surface area contributed by atoms with Crippen molar-refractivity contribution in [2.75, 3.05) is 0 Å². The summed E-state index contributed by atoms with van der Waals surface area (Å²) in [7, 11) is 0. The summed E-state index contributed by atoms with van der Waals surface area (Å²) in [5.74, 6) is 0.517. The molecule has 1 rings (SSSR count). The van der Waals surface area contributed by atoms with Gasteiger partial charge in [-0.05, 0) is 6.42 Å². The van der Waals surface area contributed by atoms with Crippen LogP contribution in [0.4, 0.5) is 0 Å². The molecule has 0 bridgehead atoms. The third-order valence-electron chi connectivity index (χ3n) is 2.04. The fourth-order valence-electron chi connectivity index (χ4n) is 1.14. The van der Waals surface area contributed by atoms with Gasteiger partial charge in [0, 0.05) is 31.3 Å². The molecule has 0 N–H and O–H groups in total. The molecule has 0 aliphatic heterocycles. The highest BCUT2D eigenvalue weighted by Gasteiger charge is 2.05. The molecule has 0 fully saturated rings. The number of hydrogen-bond acceptors (Lipinski definition) is 2. The Balaban J connectivity index is 2.18. The van der Waals surface area contributed by atoms with E-state index in [9.17, 15) is 4.79 Å². The van der Waals surface area contributed by atoms with Crippen molar-refractivity contribution in [3.05, 3.63) is 18.7 Å². The molecule has 3 nitrogen and oxygen atoms in total. The zero-order valence-electron chi connectivity index (χ0n) is 8.23. The standard InChI is InChI=1S/C10H16N2O/c1-9(2)10(13)4-3-6-12-7-5-11-8-12/h5,7-9H,3-4,6H2,1-2H3. The van der Waals surface area contributed by atoms with Gasteiger partial charge < -0.3 is 4.57 Å². The first-order valence-corrected chi connectivity index (χ1v) is 4.68. The molecule has 0 spiro atoms. The molecule has 3 heteroatoms. The zero-order chi connectivity index (χ0) is 9.68. The molecular formula is C10H16N2O. The number of nitrogens with zero attached hydrogens (tertiary/aromatic N) is 2. The fourth-order valence-corrected chi connectivity index (χ4v) is 1.14. The minimum absolute atomic E-state index is 0.169. The number of carbonyl (C=O) groups excluding carboxylic acids is 1. The van der Waals surface area contributed by atoms with Gasteiger partial charge in [-0.3, -0.25) is 4.79 Å². The van der Waals surface area contributed by atoms with Gasteiger partial charge in [0.15, 0.2) is 0 Å². The highest BCUT2D eigenvalue weighted by molar-refractivity contribution is 5.80. The summed E-state index contributed by atoms with van der Waals surface area (Å²) in [5, 5.41) is 0. The molecule has 0 unspecified atom stereocenters. The van der Waals surface area contributed by atoms with Crippen LogP contribution in [0.2, 0.25) is 0 Å². The lowest BCUT2D eigenvalue weighted by Crippen LogP contribution is -2.07. The van der Waals surface area contributed by atoms with Crippen molar-refractivity contribution < 1.29 is 4.79 Å². The van der Waals surface area contributed by atoms with Crippen molar-refractivity contribution >= 4 is 5.78 Å². The maximum absolute atomic E-state index is 11.2. The fraction of sp³-hybridized carbons (Fsp3) is 0.600. The van der Waals surface area contributed by atoms with Gasteiger partial charge in [0.1, 0.15) is 5.78 Å². The minimum Gasteiger partial charge on any atom is -0.337 e. The molecule has 0 aromatic carbocycles. The van der Waals surface area contributed by atoms with Crippen LogP contribution in [0.3, 0.4) is 0 Å². The molecule has 0 atom stereocenters. The maximum Gasteiger partial charge on any atom is 0.135 e. The lowest BCUT2D eigenvalue weighted by atomic mass is 10.1. The van der Waals surface area contributed by atoms with E-state index >= 15 is 0 Å². The Labute approximate surface area is 78.8 Å². The van der Waals surface area contributed by atoms with Crippen LogP contribution in [0.25, 0.3) is 0 Å². The first kappa shape index (κ1) is 9.96. The molecule has 0 aliphatic rings.